The lowest BCUT2D eigenvalue weighted by Crippen LogP contribution is -2.26. The van der Waals surface area contributed by atoms with Gasteiger partial charge in [-0.2, -0.15) is 0 Å². The number of amides is 1. The van der Waals surface area contributed by atoms with E-state index >= 15 is 0 Å². The van der Waals surface area contributed by atoms with Gasteiger partial charge in [0.05, 0.1) is 12.2 Å². The molecule has 0 saturated carbocycles. The number of aromatic nitrogens is 1. The van der Waals surface area contributed by atoms with E-state index in [2.05, 4.69) is 48.5 Å². The number of hydroxylamine groups is 1. The summed E-state index contributed by atoms with van der Waals surface area (Å²) in [5.41, 5.74) is 6.25. The van der Waals surface area contributed by atoms with Gasteiger partial charge in [-0.1, -0.05) is 55.5 Å². The lowest BCUT2D eigenvalue weighted by molar-refractivity contribution is -0.128. The second-order valence-corrected chi connectivity index (χ2v) is 7.93. The SMILES string of the molecule is CC(C)C(c1nc2cc(Cc3ccccc3)ccc2o1)N1C/C(=C/CC(=O)NO)N=N1. The number of fused-ring (bicyclic) bond motifs is 1. The molecule has 160 valence electrons. The molecular formula is C23H25N5O3. The Labute approximate surface area is 180 Å². The zero-order chi connectivity index (χ0) is 21.8. The van der Waals surface area contributed by atoms with Crippen LogP contribution in [0.2, 0.25) is 0 Å². The van der Waals surface area contributed by atoms with Gasteiger partial charge in [-0.3, -0.25) is 15.0 Å². The van der Waals surface area contributed by atoms with Gasteiger partial charge in [0.25, 0.3) is 0 Å². The van der Waals surface area contributed by atoms with E-state index in [-0.39, 0.29) is 18.4 Å². The zero-order valence-corrected chi connectivity index (χ0v) is 17.5. The second-order valence-electron chi connectivity index (χ2n) is 7.93. The molecule has 2 aromatic carbocycles. The van der Waals surface area contributed by atoms with Gasteiger partial charge in [0, 0.05) is 6.42 Å². The van der Waals surface area contributed by atoms with Crippen molar-refractivity contribution in [2.75, 3.05) is 6.54 Å². The molecule has 1 aliphatic heterocycles. The van der Waals surface area contributed by atoms with Crippen molar-refractivity contribution >= 4 is 17.0 Å². The summed E-state index contributed by atoms with van der Waals surface area (Å²) in [6.07, 6.45) is 2.52. The number of oxazole rings is 1. The largest absolute Gasteiger partial charge is 0.438 e. The van der Waals surface area contributed by atoms with E-state index in [1.165, 1.54) is 11.1 Å². The molecule has 8 nitrogen and oxygen atoms in total. The van der Waals surface area contributed by atoms with Crippen LogP contribution in [0.4, 0.5) is 0 Å². The molecule has 1 unspecified atom stereocenters. The van der Waals surface area contributed by atoms with E-state index in [1.54, 1.807) is 11.6 Å². The van der Waals surface area contributed by atoms with Crippen molar-refractivity contribution in [3.8, 4) is 0 Å². The molecule has 1 aliphatic rings. The summed E-state index contributed by atoms with van der Waals surface area (Å²) >= 11 is 0. The number of hydrogen-bond acceptors (Lipinski definition) is 7. The number of benzene rings is 2. The zero-order valence-electron chi connectivity index (χ0n) is 17.5. The Morgan fingerprint density at radius 3 is 2.77 bits per heavy atom. The minimum atomic E-state index is -0.494. The standard InChI is InChI=1S/C23H25N5O3/c1-15(2)22(28-14-18(25-27-28)9-11-21(29)26-30)23-24-19-13-17(8-10-20(19)31-23)12-16-6-4-3-5-7-16/h3-10,13,15,22,30H,11-12,14H2,1-2H3,(H,26,29)/b18-9-. The maximum absolute atomic E-state index is 11.2. The molecular weight excluding hydrogens is 394 g/mol. The molecule has 0 radical (unpaired) electrons. The minimum Gasteiger partial charge on any atom is -0.438 e. The Bertz CT molecular complexity index is 1120. The quantitative estimate of drug-likeness (QED) is 0.431. The van der Waals surface area contributed by atoms with E-state index in [4.69, 9.17) is 14.6 Å². The predicted molar refractivity (Wildman–Crippen MR) is 115 cm³/mol. The molecule has 8 heteroatoms. The van der Waals surface area contributed by atoms with Crippen molar-refractivity contribution in [3.05, 3.63) is 77.3 Å². The lowest BCUT2D eigenvalue weighted by atomic mass is 10.0. The molecule has 1 atom stereocenters. The van der Waals surface area contributed by atoms with E-state index in [1.807, 2.05) is 29.3 Å². The summed E-state index contributed by atoms with van der Waals surface area (Å²) in [5.74, 6) is 0.276. The first kappa shape index (κ1) is 20.7. The summed E-state index contributed by atoms with van der Waals surface area (Å²) in [6, 6.07) is 16.2. The first-order valence-corrected chi connectivity index (χ1v) is 10.3. The van der Waals surface area contributed by atoms with Crippen LogP contribution in [0.1, 0.15) is 43.3 Å². The van der Waals surface area contributed by atoms with Crippen molar-refractivity contribution in [2.24, 2.45) is 16.3 Å². The van der Waals surface area contributed by atoms with Crippen molar-refractivity contribution in [2.45, 2.75) is 32.7 Å². The Hall–Kier alpha value is -3.52. The fourth-order valence-corrected chi connectivity index (χ4v) is 3.68. The number of carbonyl (C=O) groups is 1. The minimum absolute atomic E-state index is 0.0398. The number of nitrogens with zero attached hydrogens (tertiary/aromatic N) is 4. The Morgan fingerprint density at radius 1 is 1.23 bits per heavy atom. The molecule has 2 N–H and O–H groups in total. The molecule has 4 rings (SSSR count). The van der Waals surface area contributed by atoms with E-state index in [0.29, 0.717) is 18.1 Å². The van der Waals surface area contributed by atoms with E-state index in [9.17, 15) is 4.79 Å². The molecule has 1 aromatic heterocycles. The van der Waals surface area contributed by atoms with Gasteiger partial charge >= 0.3 is 0 Å². The fourth-order valence-electron chi connectivity index (χ4n) is 3.68. The lowest BCUT2D eigenvalue weighted by Gasteiger charge is -2.25. The number of carbonyl (C=O) groups excluding carboxylic acids is 1. The average molecular weight is 419 g/mol. The highest BCUT2D eigenvalue weighted by Crippen LogP contribution is 2.34. The van der Waals surface area contributed by atoms with Crippen LogP contribution in [0, 0.1) is 5.92 Å². The third-order valence-corrected chi connectivity index (χ3v) is 5.19. The van der Waals surface area contributed by atoms with Crippen LogP contribution in [-0.4, -0.2) is 27.7 Å². The third-order valence-electron chi connectivity index (χ3n) is 5.19. The molecule has 31 heavy (non-hydrogen) atoms. The van der Waals surface area contributed by atoms with Crippen molar-refractivity contribution in [1.82, 2.24) is 15.5 Å². The van der Waals surface area contributed by atoms with Gasteiger partial charge in [0.2, 0.25) is 11.8 Å². The van der Waals surface area contributed by atoms with Gasteiger partial charge in [0.15, 0.2) is 5.58 Å². The van der Waals surface area contributed by atoms with E-state index < -0.39 is 5.91 Å². The van der Waals surface area contributed by atoms with Crippen LogP contribution in [0.3, 0.4) is 0 Å². The highest BCUT2D eigenvalue weighted by Gasteiger charge is 2.31. The van der Waals surface area contributed by atoms with E-state index in [0.717, 1.165) is 17.5 Å². The van der Waals surface area contributed by atoms with Crippen molar-refractivity contribution in [3.63, 3.8) is 0 Å². The van der Waals surface area contributed by atoms with Crippen LogP contribution in [-0.2, 0) is 11.2 Å². The third kappa shape index (κ3) is 4.80. The second kappa shape index (κ2) is 9.09. The highest BCUT2D eigenvalue weighted by atomic mass is 16.5. The molecule has 0 bridgehead atoms. The Kier molecular flexibility index (Phi) is 6.08. The summed E-state index contributed by atoms with van der Waals surface area (Å²) in [4.78, 5) is 16.0. The van der Waals surface area contributed by atoms with Crippen molar-refractivity contribution < 1.29 is 14.4 Å². The summed E-state index contributed by atoms with van der Waals surface area (Å²) in [7, 11) is 0. The number of hydrogen-bond donors (Lipinski definition) is 2. The maximum atomic E-state index is 11.2. The summed E-state index contributed by atoms with van der Waals surface area (Å²) in [6.45, 7) is 4.60. The Balaban J connectivity index is 1.54. The Morgan fingerprint density at radius 2 is 2.03 bits per heavy atom. The van der Waals surface area contributed by atoms with Crippen LogP contribution in [0.15, 0.2) is 75.1 Å². The van der Waals surface area contributed by atoms with Crippen LogP contribution >= 0.6 is 0 Å². The normalized spacial score (nSPS) is 15.9. The van der Waals surface area contributed by atoms with Gasteiger partial charge in [-0.25, -0.2) is 10.5 Å². The van der Waals surface area contributed by atoms with Gasteiger partial charge < -0.3 is 4.42 Å². The smallest absolute Gasteiger partial charge is 0.247 e. The molecule has 1 amide bonds. The summed E-state index contributed by atoms with van der Waals surface area (Å²) in [5, 5.41) is 18.9. The van der Waals surface area contributed by atoms with Crippen LogP contribution < -0.4 is 5.48 Å². The molecule has 0 fully saturated rings. The topological polar surface area (TPSA) is 103 Å². The maximum Gasteiger partial charge on any atom is 0.247 e. The number of rotatable bonds is 7. The monoisotopic (exact) mass is 419 g/mol. The van der Waals surface area contributed by atoms with Gasteiger partial charge in [0.1, 0.15) is 11.6 Å². The average Bonchev–Trinajstić information content (AvgIpc) is 3.39. The molecule has 0 saturated heterocycles. The first-order chi connectivity index (χ1) is 15.0. The fraction of sp³-hybridized carbons (Fsp3) is 0.304. The summed E-state index contributed by atoms with van der Waals surface area (Å²) < 4.78 is 6.09. The molecule has 3 aromatic rings. The molecule has 2 heterocycles. The van der Waals surface area contributed by atoms with Crippen LogP contribution in [0.25, 0.3) is 11.1 Å². The molecule has 0 spiro atoms. The van der Waals surface area contributed by atoms with Crippen molar-refractivity contribution in [1.29, 1.82) is 0 Å². The predicted octanol–water partition coefficient (Wildman–Crippen LogP) is 4.58. The van der Waals surface area contributed by atoms with Crippen LogP contribution in [0.5, 0.6) is 0 Å². The van der Waals surface area contributed by atoms with Gasteiger partial charge in [-0.15, -0.1) is 5.11 Å². The first-order valence-electron chi connectivity index (χ1n) is 10.3. The number of nitrogens with one attached hydrogen (secondary N) is 1. The molecule has 0 aliphatic carbocycles. The van der Waals surface area contributed by atoms with Gasteiger partial charge in [-0.05, 0) is 41.7 Å². The highest BCUT2D eigenvalue weighted by molar-refractivity contribution is 5.76.